The predicted octanol–water partition coefficient (Wildman–Crippen LogP) is 3.26. The first-order chi connectivity index (χ1) is 10.2. The molecule has 1 saturated carbocycles. The molecule has 0 saturated heterocycles. The molecule has 21 heavy (non-hydrogen) atoms. The lowest BCUT2D eigenvalue weighted by molar-refractivity contribution is 0.124. The van der Waals surface area contributed by atoms with E-state index in [1.807, 2.05) is 0 Å². The molecule has 1 aromatic heterocycles. The van der Waals surface area contributed by atoms with Crippen molar-refractivity contribution in [1.82, 2.24) is 9.97 Å². The van der Waals surface area contributed by atoms with Crippen LogP contribution in [-0.4, -0.2) is 36.3 Å². The highest BCUT2D eigenvalue weighted by molar-refractivity contribution is 5.58. The summed E-state index contributed by atoms with van der Waals surface area (Å²) in [5.74, 6) is 3.11. The Hall–Kier alpha value is -1.36. The molecule has 0 unspecified atom stereocenters. The molecular weight excluding hydrogens is 264 g/mol. The van der Waals surface area contributed by atoms with E-state index in [9.17, 15) is 0 Å². The summed E-state index contributed by atoms with van der Waals surface area (Å²) in [5.41, 5.74) is 1.17. The van der Waals surface area contributed by atoms with E-state index >= 15 is 0 Å². The maximum Gasteiger partial charge on any atom is 0.134 e. The van der Waals surface area contributed by atoms with Crippen molar-refractivity contribution in [2.45, 2.75) is 46.0 Å². The van der Waals surface area contributed by atoms with Crippen LogP contribution in [0.5, 0.6) is 0 Å². The van der Waals surface area contributed by atoms with Crippen molar-refractivity contribution in [1.29, 1.82) is 0 Å². The van der Waals surface area contributed by atoms with Gasteiger partial charge in [0.2, 0.25) is 0 Å². The Morgan fingerprint density at radius 1 is 1.24 bits per heavy atom. The Labute approximate surface area is 127 Å². The lowest BCUT2D eigenvalue weighted by atomic mass is 10.0. The van der Waals surface area contributed by atoms with Crippen molar-refractivity contribution >= 4 is 11.6 Å². The number of anilines is 2. The normalized spacial score (nSPS) is 14.5. The minimum Gasteiger partial charge on any atom is -0.381 e. The summed E-state index contributed by atoms with van der Waals surface area (Å²) in [7, 11) is 0. The SMILES string of the molecule is CCNc1ncnc(NCCCOCC2CC2)c1C(C)C. The van der Waals surface area contributed by atoms with Crippen LogP contribution < -0.4 is 10.6 Å². The molecule has 0 amide bonds. The lowest BCUT2D eigenvalue weighted by Crippen LogP contribution is -2.13. The van der Waals surface area contributed by atoms with Gasteiger partial charge < -0.3 is 15.4 Å². The molecule has 1 aromatic rings. The van der Waals surface area contributed by atoms with Crippen LogP contribution in [0.1, 0.15) is 51.5 Å². The Kier molecular flexibility index (Phi) is 6.23. The third-order valence-electron chi connectivity index (χ3n) is 3.61. The Balaban J connectivity index is 1.81. The van der Waals surface area contributed by atoms with Crippen LogP contribution in [-0.2, 0) is 4.74 Å². The molecule has 1 aliphatic carbocycles. The second-order valence-electron chi connectivity index (χ2n) is 5.97. The molecule has 5 nitrogen and oxygen atoms in total. The van der Waals surface area contributed by atoms with E-state index in [0.717, 1.165) is 50.3 Å². The fourth-order valence-electron chi connectivity index (χ4n) is 2.31. The Morgan fingerprint density at radius 2 is 1.95 bits per heavy atom. The van der Waals surface area contributed by atoms with Crippen molar-refractivity contribution < 1.29 is 4.74 Å². The lowest BCUT2D eigenvalue weighted by Gasteiger charge is -2.17. The Morgan fingerprint density at radius 3 is 2.57 bits per heavy atom. The standard InChI is InChI=1S/C16H28N4O/c1-4-17-15-14(12(2)3)16(20-11-19-15)18-8-5-9-21-10-13-6-7-13/h11-13H,4-10H2,1-3H3,(H2,17,18,19,20). The van der Waals surface area contributed by atoms with Gasteiger partial charge in [-0.1, -0.05) is 13.8 Å². The van der Waals surface area contributed by atoms with Gasteiger partial charge in [0, 0.05) is 31.9 Å². The van der Waals surface area contributed by atoms with Crippen LogP contribution in [0.4, 0.5) is 11.6 Å². The van der Waals surface area contributed by atoms with E-state index in [2.05, 4.69) is 41.4 Å². The van der Waals surface area contributed by atoms with E-state index in [0.29, 0.717) is 5.92 Å². The van der Waals surface area contributed by atoms with E-state index < -0.39 is 0 Å². The zero-order valence-electron chi connectivity index (χ0n) is 13.5. The monoisotopic (exact) mass is 292 g/mol. The number of hydrogen-bond acceptors (Lipinski definition) is 5. The summed E-state index contributed by atoms with van der Waals surface area (Å²) >= 11 is 0. The van der Waals surface area contributed by atoms with Gasteiger partial charge in [0.05, 0.1) is 0 Å². The number of nitrogens with zero attached hydrogens (tertiary/aromatic N) is 2. The van der Waals surface area contributed by atoms with E-state index in [1.165, 1.54) is 18.4 Å². The van der Waals surface area contributed by atoms with Crippen LogP contribution in [0.15, 0.2) is 6.33 Å². The van der Waals surface area contributed by atoms with E-state index in [1.54, 1.807) is 6.33 Å². The van der Waals surface area contributed by atoms with Gasteiger partial charge in [-0.25, -0.2) is 9.97 Å². The molecule has 0 aromatic carbocycles. The molecule has 1 fully saturated rings. The number of rotatable bonds is 10. The molecule has 118 valence electrons. The van der Waals surface area contributed by atoms with Crippen LogP contribution in [0.3, 0.4) is 0 Å². The van der Waals surface area contributed by atoms with Gasteiger partial charge in [-0.2, -0.15) is 0 Å². The topological polar surface area (TPSA) is 59.1 Å². The van der Waals surface area contributed by atoms with E-state index in [4.69, 9.17) is 4.74 Å². The van der Waals surface area contributed by atoms with Gasteiger partial charge in [0.1, 0.15) is 18.0 Å². The van der Waals surface area contributed by atoms with Gasteiger partial charge in [-0.05, 0) is 38.0 Å². The smallest absolute Gasteiger partial charge is 0.134 e. The fourth-order valence-corrected chi connectivity index (χ4v) is 2.31. The third-order valence-corrected chi connectivity index (χ3v) is 3.61. The zero-order valence-corrected chi connectivity index (χ0v) is 13.5. The minimum atomic E-state index is 0.383. The van der Waals surface area contributed by atoms with E-state index in [-0.39, 0.29) is 0 Å². The highest BCUT2D eigenvalue weighted by atomic mass is 16.5. The van der Waals surface area contributed by atoms with Gasteiger partial charge in [-0.15, -0.1) is 0 Å². The molecule has 1 heterocycles. The highest BCUT2D eigenvalue weighted by Crippen LogP contribution is 2.29. The number of nitrogens with one attached hydrogen (secondary N) is 2. The summed E-state index contributed by atoms with van der Waals surface area (Å²) in [6.45, 7) is 9.93. The van der Waals surface area contributed by atoms with Crippen molar-refractivity contribution in [3.8, 4) is 0 Å². The largest absolute Gasteiger partial charge is 0.381 e. The van der Waals surface area contributed by atoms with Crippen LogP contribution in [0.2, 0.25) is 0 Å². The van der Waals surface area contributed by atoms with Crippen LogP contribution in [0, 0.1) is 5.92 Å². The molecule has 5 heteroatoms. The summed E-state index contributed by atoms with van der Waals surface area (Å²) in [5, 5.41) is 6.74. The first-order valence-electron chi connectivity index (χ1n) is 8.12. The molecule has 2 N–H and O–H groups in total. The maximum atomic E-state index is 5.65. The molecule has 1 aliphatic rings. The molecule has 0 aliphatic heterocycles. The molecule has 0 spiro atoms. The van der Waals surface area contributed by atoms with Crippen molar-refractivity contribution in [2.75, 3.05) is 36.9 Å². The minimum absolute atomic E-state index is 0.383. The number of aromatic nitrogens is 2. The third kappa shape index (κ3) is 5.16. The van der Waals surface area contributed by atoms with Gasteiger partial charge in [0.15, 0.2) is 0 Å². The van der Waals surface area contributed by atoms with Crippen molar-refractivity contribution in [3.05, 3.63) is 11.9 Å². The van der Waals surface area contributed by atoms with Gasteiger partial charge in [-0.3, -0.25) is 0 Å². The average molecular weight is 292 g/mol. The molecule has 0 atom stereocenters. The van der Waals surface area contributed by atoms with Crippen molar-refractivity contribution in [3.63, 3.8) is 0 Å². The summed E-state index contributed by atoms with van der Waals surface area (Å²) < 4.78 is 5.65. The van der Waals surface area contributed by atoms with Gasteiger partial charge in [0.25, 0.3) is 0 Å². The summed E-state index contributed by atoms with van der Waals surface area (Å²) in [4.78, 5) is 8.74. The Bertz CT molecular complexity index is 432. The highest BCUT2D eigenvalue weighted by Gasteiger charge is 2.20. The van der Waals surface area contributed by atoms with Crippen molar-refractivity contribution in [2.24, 2.45) is 5.92 Å². The fraction of sp³-hybridized carbons (Fsp3) is 0.750. The quantitative estimate of drug-likeness (QED) is 0.648. The predicted molar refractivity (Wildman–Crippen MR) is 86.9 cm³/mol. The second kappa shape index (κ2) is 8.17. The summed E-state index contributed by atoms with van der Waals surface area (Å²) in [6.07, 6.45) is 5.33. The first-order valence-corrected chi connectivity index (χ1v) is 8.12. The first kappa shape index (κ1) is 16.0. The zero-order chi connectivity index (χ0) is 15.1. The van der Waals surface area contributed by atoms with Crippen LogP contribution >= 0.6 is 0 Å². The summed E-state index contributed by atoms with van der Waals surface area (Å²) in [6, 6.07) is 0. The molecule has 2 rings (SSSR count). The average Bonchev–Trinajstić information content (AvgIpc) is 3.27. The number of ether oxygens (including phenoxy) is 1. The maximum absolute atomic E-state index is 5.65. The van der Waals surface area contributed by atoms with Gasteiger partial charge >= 0.3 is 0 Å². The second-order valence-corrected chi connectivity index (χ2v) is 5.97. The molecular formula is C16H28N4O. The molecule has 0 bridgehead atoms. The number of hydrogen-bond donors (Lipinski definition) is 2. The molecule has 0 radical (unpaired) electrons. The van der Waals surface area contributed by atoms with Crippen LogP contribution in [0.25, 0.3) is 0 Å².